The average Bonchev–Trinajstić information content (AvgIpc) is 2.81. The van der Waals surface area contributed by atoms with Gasteiger partial charge < -0.3 is 14.6 Å². The van der Waals surface area contributed by atoms with Crippen LogP contribution in [0.3, 0.4) is 0 Å². The Morgan fingerprint density at radius 1 is 1.47 bits per heavy atom. The lowest BCUT2D eigenvalue weighted by atomic mass is 10.3. The third-order valence-corrected chi connectivity index (χ3v) is 3.62. The van der Waals surface area contributed by atoms with E-state index in [2.05, 4.69) is 32.9 Å². The van der Waals surface area contributed by atoms with Crippen molar-refractivity contribution < 1.29 is 4.74 Å². The fourth-order valence-corrected chi connectivity index (χ4v) is 2.61. The molecule has 0 aliphatic rings. The van der Waals surface area contributed by atoms with Crippen LogP contribution in [0.15, 0.2) is 30.6 Å². The molecule has 0 aliphatic carbocycles. The molecule has 2 aromatic rings. The van der Waals surface area contributed by atoms with Crippen molar-refractivity contribution in [2.24, 2.45) is 0 Å². The van der Waals surface area contributed by atoms with E-state index < -0.39 is 0 Å². The second-order valence-electron chi connectivity index (χ2n) is 4.04. The second kappa shape index (κ2) is 7.12. The van der Waals surface area contributed by atoms with Crippen LogP contribution < -0.4 is 5.32 Å². The molecule has 0 saturated heterocycles. The van der Waals surface area contributed by atoms with E-state index in [1.807, 2.05) is 29.0 Å². The highest BCUT2D eigenvalue weighted by Gasteiger charge is 2.06. The monoisotopic (exact) mass is 391 g/mol. The van der Waals surface area contributed by atoms with Gasteiger partial charge in [-0.05, 0) is 47.2 Å². The number of nitrogens with one attached hydrogen (secondary N) is 1. The molecule has 0 bridgehead atoms. The van der Waals surface area contributed by atoms with Gasteiger partial charge in [-0.2, -0.15) is 0 Å². The maximum atomic E-state index is 6.20. The molecular formula is C13H15ClIN3O. The predicted molar refractivity (Wildman–Crippen MR) is 86.2 cm³/mol. The summed E-state index contributed by atoms with van der Waals surface area (Å²) in [5, 5.41) is 3.94. The largest absolute Gasteiger partial charge is 0.385 e. The van der Waals surface area contributed by atoms with Crippen LogP contribution in [-0.4, -0.2) is 23.3 Å². The normalized spacial score (nSPS) is 10.7. The Bertz CT molecular complexity index is 544. The lowest BCUT2D eigenvalue weighted by molar-refractivity contribution is 0.190. The maximum Gasteiger partial charge on any atom is 0.207 e. The van der Waals surface area contributed by atoms with Gasteiger partial charge in [-0.3, -0.25) is 0 Å². The van der Waals surface area contributed by atoms with E-state index in [4.69, 9.17) is 16.3 Å². The molecule has 6 heteroatoms. The van der Waals surface area contributed by atoms with Crippen molar-refractivity contribution in [3.8, 4) is 0 Å². The molecule has 0 spiro atoms. The minimum atomic E-state index is 0.693. The fourth-order valence-electron chi connectivity index (χ4n) is 1.70. The first-order valence-corrected chi connectivity index (χ1v) is 7.38. The molecule has 0 unspecified atom stereocenters. The molecule has 0 radical (unpaired) electrons. The number of benzene rings is 1. The first-order chi connectivity index (χ1) is 9.20. The van der Waals surface area contributed by atoms with E-state index in [0.717, 1.165) is 34.8 Å². The highest BCUT2D eigenvalue weighted by Crippen LogP contribution is 2.26. The number of imidazole rings is 1. The molecule has 2 rings (SSSR count). The smallest absolute Gasteiger partial charge is 0.207 e. The number of anilines is 2. The van der Waals surface area contributed by atoms with Crippen molar-refractivity contribution in [3.05, 3.63) is 39.2 Å². The van der Waals surface area contributed by atoms with Gasteiger partial charge in [-0.15, -0.1) is 0 Å². The van der Waals surface area contributed by atoms with Gasteiger partial charge in [0.15, 0.2) is 0 Å². The number of rotatable bonds is 6. The Morgan fingerprint density at radius 3 is 3.05 bits per heavy atom. The van der Waals surface area contributed by atoms with Crippen LogP contribution >= 0.6 is 34.2 Å². The molecule has 1 aromatic carbocycles. The number of aryl methyl sites for hydroxylation is 1. The lowest BCUT2D eigenvalue weighted by Gasteiger charge is -2.11. The number of methoxy groups -OCH3 is 1. The molecule has 102 valence electrons. The fraction of sp³-hybridized carbons (Fsp3) is 0.308. The SMILES string of the molecule is COCCCn1ccnc1Nc1ccc(I)cc1Cl. The Balaban J connectivity index is 2.08. The average molecular weight is 392 g/mol. The van der Waals surface area contributed by atoms with Gasteiger partial charge in [-0.25, -0.2) is 4.98 Å². The van der Waals surface area contributed by atoms with Gasteiger partial charge in [-0.1, -0.05) is 11.6 Å². The van der Waals surface area contributed by atoms with Gasteiger partial charge in [0, 0.05) is 36.2 Å². The summed E-state index contributed by atoms with van der Waals surface area (Å²) in [6.45, 7) is 1.60. The van der Waals surface area contributed by atoms with E-state index in [1.165, 1.54) is 0 Å². The molecule has 1 heterocycles. The number of halogens is 2. The molecule has 19 heavy (non-hydrogen) atoms. The zero-order valence-corrected chi connectivity index (χ0v) is 13.5. The summed E-state index contributed by atoms with van der Waals surface area (Å²) in [6.07, 6.45) is 4.66. The van der Waals surface area contributed by atoms with Gasteiger partial charge in [0.25, 0.3) is 0 Å². The molecule has 1 N–H and O–H groups in total. The molecule has 0 fully saturated rings. The minimum Gasteiger partial charge on any atom is -0.385 e. The summed E-state index contributed by atoms with van der Waals surface area (Å²) in [6, 6.07) is 5.88. The van der Waals surface area contributed by atoms with Crippen molar-refractivity contribution in [2.75, 3.05) is 19.0 Å². The Morgan fingerprint density at radius 2 is 2.32 bits per heavy atom. The third kappa shape index (κ3) is 4.09. The highest BCUT2D eigenvalue weighted by atomic mass is 127. The van der Waals surface area contributed by atoms with Crippen LogP contribution in [0.5, 0.6) is 0 Å². The first-order valence-electron chi connectivity index (χ1n) is 5.93. The quantitative estimate of drug-likeness (QED) is 0.599. The number of hydrogen-bond acceptors (Lipinski definition) is 3. The summed E-state index contributed by atoms with van der Waals surface area (Å²) < 4.78 is 8.21. The van der Waals surface area contributed by atoms with E-state index in [0.29, 0.717) is 5.02 Å². The Kier molecular flexibility index (Phi) is 5.47. The van der Waals surface area contributed by atoms with E-state index in [9.17, 15) is 0 Å². The van der Waals surface area contributed by atoms with Crippen LogP contribution in [0.1, 0.15) is 6.42 Å². The molecule has 0 amide bonds. The zero-order chi connectivity index (χ0) is 13.7. The summed E-state index contributed by atoms with van der Waals surface area (Å²) in [7, 11) is 1.71. The zero-order valence-electron chi connectivity index (χ0n) is 10.6. The van der Waals surface area contributed by atoms with E-state index in [1.54, 1.807) is 13.3 Å². The second-order valence-corrected chi connectivity index (χ2v) is 5.69. The van der Waals surface area contributed by atoms with Crippen molar-refractivity contribution >= 4 is 45.8 Å². The first kappa shape index (κ1) is 14.6. The summed E-state index contributed by atoms with van der Waals surface area (Å²) in [4.78, 5) is 4.30. The van der Waals surface area contributed by atoms with Crippen molar-refractivity contribution in [1.82, 2.24) is 9.55 Å². The van der Waals surface area contributed by atoms with Gasteiger partial charge in [0.1, 0.15) is 0 Å². The van der Waals surface area contributed by atoms with Gasteiger partial charge >= 0.3 is 0 Å². The highest BCUT2D eigenvalue weighted by molar-refractivity contribution is 14.1. The summed E-state index contributed by atoms with van der Waals surface area (Å²) in [5.41, 5.74) is 0.862. The van der Waals surface area contributed by atoms with E-state index in [-0.39, 0.29) is 0 Å². The standard InChI is InChI=1S/C13H15ClIN3O/c1-19-8-2-6-18-7-5-16-13(18)17-12-4-3-10(15)9-11(12)14/h3-5,7,9H,2,6,8H2,1H3,(H,16,17). The Hall–Kier alpha value is -0.790. The summed E-state index contributed by atoms with van der Waals surface area (Å²) >= 11 is 8.44. The molecule has 4 nitrogen and oxygen atoms in total. The number of hydrogen-bond donors (Lipinski definition) is 1. The Labute approximate surface area is 131 Å². The number of ether oxygens (including phenoxy) is 1. The van der Waals surface area contributed by atoms with Gasteiger partial charge in [0.2, 0.25) is 5.95 Å². The van der Waals surface area contributed by atoms with Crippen molar-refractivity contribution in [2.45, 2.75) is 13.0 Å². The van der Waals surface area contributed by atoms with Crippen LogP contribution in [0.2, 0.25) is 5.02 Å². The van der Waals surface area contributed by atoms with Crippen molar-refractivity contribution in [3.63, 3.8) is 0 Å². The molecule has 0 saturated carbocycles. The predicted octanol–water partition coefficient (Wildman–Crippen LogP) is 3.92. The molecular weight excluding hydrogens is 377 g/mol. The van der Waals surface area contributed by atoms with Crippen LogP contribution in [0.4, 0.5) is 11.6 Å². The van der Waals surface area contributed by atoms with Crippen molar-refractivity contribution in [1.29, 1.82) is 0 Å². The third-order valence-electron chi connectivity index (χ3n) is 2.64. The molecule has 1 aromatic heterocycles. The lowest BCUT2D eigenvalue weighted by Crippen LogP contribution is -2.05. The van der Waals surface area contributed by atoms with Crippen LogP contribution in [0.25, 0.3) is 0 Å². The molecule has 0 atom stereocenters. The van der Waals surface area contributed by atoms with Crippen LogP contribution in [-0.2, 0) is 11.3 Å². The number of aromatic nitrogens is 2. The maximum absolute atomic E-state index is 6.20. The molecule has 0 aliphatic heterocycles. The van der Waals surface area contributed by atoms with Gasteiger partial charge in [0.05, 0.1) is 10.7 Å². The minimum absolute atomic E-state index is 0.693. The van der Waals surface area contributed by atoms with E-state index >= 15 is 0 Å². The summed E-state index contributed by atoms with van der Waals surface area (Å²) in [5.74, 6) is 0.791. The van der Waals surface area contributed by atoms with Crippen LogP contribution in [0, 0.1) is 3.57 Å². The number of nitrogens with zero attached hydrogens (tertiary/aromatic N) is 2. The topological polar surface area (TPSA) is 39.1 Å².